The van der Waals surface area contributed by atoms with Crippen molar-refractivity contribution in [3.63, 3.8) is 0 Å². The quantitative estimate of drug-likeness (QED) is 0.343. The number of nitrogens with one attached hydrogen (secondary N) is 1. The molecular weight excluding hydrogens is 382 g/mol. The van der Waals surface area contributed by atoms with Crippen LogP contribution in [-0.4, -0.2) is 21.6 Å². The van der Waals surface area contributed by atoms with Crippen molar-refractivity contribution in [1.82, 2.24) is 9.97 Å². The molecule has 4 rings (SSSR count). The van der Waals surface area contributed by atoms with Crippen molar-refractivity contribution < 1.29 is 9.53 Å². The Kier molecular flexibility index (Phi) is 5.72. The first-order valence-electron chi connectivity index (χ1n) is 9.17. The number of aryl methyl sites for hydroxylation is 1. The number of anilines is 1. The number of ether oxygens (including phenoxy) is 1. The van der Waals surface area contributed by atoms with Gasteiger partial charge in [0.1, 0.15) is 16.6 Å². The van der Waals surface area contributed by atoms with Gasteiger partial charge in [0.05, 0.1) is 17.0 Å². The minimum absolute atomic E-state index is 0.126. The lowest BCUT2D eigenvalue weighted by Gasteiger charge is -2.12. The highest BCUT2D eigenvalue weighted by molar-refractivity contribution is 8.00. The number of hydrogen-bond acceptors (Lipinski definition) is 5. The van der Waals surface area contributed by atoms with E-state index in [4.69, 9.17) is 4.74 Å². The molecule has 0 saturated carbocycles. The van der Waals surface area contributed by atoms with Crippen LogP contribution in [0.1, 0.15) is 5.82 Å². The third-order valence-electron chi connectivity index (χ3n) is 4.15. The molecule has 0 unspecified atom stereocenters. The van der Waals surface area contributed by atoms with E-state index in [1.165, 1.54) is 11.8 Å². The van der Waals surface area contributed by atoms with Crippen LogP contribution in [0.5, 0.6) is 11.5 Å². The minimum atomic E-state index is -0.126. The zero-order valence-corrected chi connectivity index (χ0v) is 16.6. The first-order chi connectivity index (χ1) is 14.2. The van der Waals surface area contributed by atoms with Gasteiger partial charge in [-0.15, -0.1) is 0 Å². The summed E-state index contributed by atoms with van der Waals surface area (Å²) in [6.07, 6.45) is 0. The molecule has 0 radical (unpaired) electrons. The van der Waals surface area contributed by atoms with Crippen molar-refractivity contribution >= 4 is 34.3 Å². The summed E-state index contributed by atoms with van der Waals surface area (Å²) in [7, 11) is 0. The SMILES string of the molecule is Cc1nc(SCC(=O)Nc2ccccc2Oc2ccccc2)c2ccccc2n1. The van der Waals surface area contributed by atoms with Crippen LogP contribution in [0.4, 0.5) is 5.69 Å². The van der Waals surface area contributed by atoms with Crippen LogP contribution in [-0.2, 0) is 4.79 Å². The summed E-state index contributed by atoms with van der Waals surface area (Å²) >= 11 is 1.40. The molecule has 4 aromatic rings. The predicted molar refractivity (Wildman–Crippen MR) is 117 cm³/mol. The molecule has 1 aromatic heterocycles. The maximum atomic E-state index is 12.6. The molecule has 0 fully saturated rings. The van der Waals surface area contributed by atoms with Gasteiger partial charge >= 0.3 is 0 Å². The van der Waals surface area contributed by atoms with Gasteiger partial charge in [-0.2, -0.15) is 0 Å². The molecular formula is C23H19N3O2S. The number of benzene rings is 3. The number of rotatable bonds is 6. The van der Waals surface area contributed by atoms with E-state index in [-0.39, 0.29) is 11.7 Å². The number of carbonyl (C=O) groups is 1. The standard InChI is InChI=1S/C23H19N3O2S/c1-16-24-19-12-6-5-11-18(19)23(25-16)29-15-22(27)26-20-13-7-8-14-21(20)28-17-9-3-2-4-10-17/h2-14H,15H2,1H3,(H,26,27). The molecule has 0 saturated heterocycles. The highest BCUT2D eigenvalue weighted by Gasteiger charge is 2.12. The Morgan fingerprint density at radius 1 is 0.931 bits per heavy atom. The Morgan fingerprint density at radius 3 is 2.52 bits per heavy atom. The van der Waals surface area contributed by atoms with E-state index >= 15 is 0 Å². The number of thioether (sulfide) groups is 1. The van der Waals surface area contributed by atoms with Gasteiger partial charge in [-0.05, 0) is 37.3 Å². The lowest BCUT2D eigenvalue weighted by molar-refractivity contribution is -0.113. The van der Waals surface area contributed by atoms with E-state index in [9.17, 15) is 4.79 Å². The van der Waals surface area contributed by atoms with Crippen LogP contribution in [0, 0.1) is 6.92 Å². The Bertz CT molecular complexity index is 1150. The smallest absolute Gasteiger partial charge is 0.234 e. The minimum Gasteiger partial charge on any atom is -0.455 e. The van der Waals surface area contributed by atoms with E-state index in [0.717, 1.165) is 15.9 Å². The van der Waals surface area contributed by atoms with Gasteiger partial charge in [-0.3, -0.25) is 4.79 Å². The van der Waals surface area contributed by atoms with Crippen molar-refractivity contribution in [3.05, 3.63) is 84.7 Å². The summed E-state index contributed by atoms with van der Waals surface area (Å²) in [4.78, 5) is 21.5. The molecule has 144 valence electrons. The molecule has 5 nitrogen and oxygen atoms in total. The van der Waals surface area contributed by atoms with E-state index < -0.39 is 0 Å². The summed E-state index contributed by atoms with van der Waals surface area (Å²) in [5.41, 5.74) is 1.51. The average Bonchev–Trinajstić information content (AvgIpc) is 2.74. The summed E-state index contributed by atoms with van der Waals surface area (Å²) in [6, 6.07) is 24.7. The Hall–Kier alpha value is -3.38. The van der Waals surface area contributed by atoms with Gasteiger partial charge in [-0.25, -0.2) is 9.97 Å². The fourth-order valence-corrected chi connectivity index (χ4v) is 3.73. The van der Waals surface area contributed by atoms with Gasteiger partial charge in [0.15, 0.2) is 5.75 Å². The maximum Gasteiger partial charge on any atom is 0.234 e. The Balaban J connectivity index is 1.46. The second kappa shape index (κ2) is 8.75. The van der Waals surface area contributed by atoms with Crippen molar-refractivity contribution in [1.29, 1.82) is 0 Å². The number of amides is 1. The van der Waals surface area contributed by atoms with Crippen molar-refractivity contribution in [2.24, 2.45) is 0 Å². The number of aromatic nitrogens is 2. The topological polar surface area (TPSA) is 64.1 Å². The second-order valence-electron chi connectivity index (χ2n) is 6.34. The summed E-state index contributed by atoms with van der Waals surface area (Å²) in [6.45, 7) is 1.85. The average molecular weight is 401 g/mol. The van der Waals surface area contributed by atoms with Gasteiger partial charge in [-0.1, -0.05) is 60.3 Å². The number of hydrogen-bond donors (Lipinski definition) is 1. The molecule has 0 bridgehead atoms. The van der Waals surface area contributed by atoms with Crippen LogP contribution >= 0.6 is 11.8 Å². The lowest BCUT2D eigenvalue weighted by Crippen LogP contribution is -2.14. The lowest BCUT2D eigenvalue weighted by atomic mass is 10.2. The first kappa shape index (κ1) is 19.0. The zero-order valence-electron chi connectivity index (χ0n) is 15.8. The highest BCUT2D eigenvalue weighted by Crippen LogP contribution is 2.30. The number of para-hydroxylation sites is 4. The monoisotopic (exact) mass is 401 g/mol. The van der Waals surface area contributed by atoms with Gasteiger partial charge in [0.25, 0.3) is 0 Å². The third kappa shape index (κ3) is 4.73. The normalized spacial score (nSPS) is 10.7. The van der Waals surface area contributed by atoms with E-state index in [1.807, 2.05) is 85.8 Å². The number of fused-ring (bicyclic) bond motifs is 1. The Labute approximate surface area is 173 Å². The zero-order chi connectivity index (χ0) is 20.1. The predicted octanol–water partition coefficient (Wildman–Crippen LogP) is 5.46. The Morgan fingerprint density at radius 2 is 1.66 bits per heavy atom. The van der Waals surface area contributed by atoms with E-state index in [2.05, 4.69) is 15.3 Å². The van der Waals surface area contributed by atoms with Crippen LogP contribution in [0.2, 0.25) is 0 Å². The van der Waals surface area contributed by atoms with Crippen LogP contribution in [0.15, 0.2) is 83.9 Å². The third-order valence-corrected chi connectivity index (χ3v) is 5.14. The molecule has 1 N–H and O–H groups in total. The summed E-state index contributed by atoms with van der Waals surface area (Å²) in [5.74, 6) is 2.11. The molecule has 0 spiro atoms. The molecule has 0 aliphatic carbocycles. The maximum absolute atomic E-state index is 12.6. The molecule has 3 aromatic carbocycles. The van der Waals surface area contributed by atoms with Crippen LogP contribution < -0.4 is 10.1 Å². The largest absolute Gasteiger partial charge is 0.455 e. The summed E-state index contributed by atoms with van der Waals surface area (Å²) in [5, 5.41) is 4.69. The molecule has 29 heavy (non-hydrogen) atoms. The van der Waals surface area contributed by atoms with E-state index in [1.54, 1.807) is 0 Å². The number of nitrogens with zero attached hydrogens (tertiary/aromatic N) is 2. The van der Waals surface area contributed by atoms with Crippen LogP contribution in [0.25, 0.3) is 10.9 Å². The van der Waals surface area contributed by atoms with Crippen molar-refractivity contribution in [3.8, 4) is 11.5 Å². The molecule has 0 atom stereocenters. The fourth-order valence-electron chi connectivity index (χ4n) is 2.86. The van der Waals surface area contributed by atoms with Crippen LogP contribution in [0.3, 0.4) is 0 Å². The molecule has 1 heterocycles. The summed E-state index contributed by atoms with van der Waals surface area (Å²) < 4.78 is 5.90. The van der Waals surface area contributed by atoms with Gasteiger partial charge in [0.2, 0.25) is 5.91 Å². The molecule has 0 aliphatic heterocycles. The van der Waals surface area contributed by atoms with Crippen molar-refractivity contribution in [2.45, 2.75) is 11.9 Å². The van der Waals surface area contributed by atoms with Gasteiger partial charge < -0.3 is 10.1 Å². The fraction of sp³-hybridized carbons (Fsp3) is 0.0870. The molecule has 6 heteroatoms. The van der Waals surface area contributed by atoms with Gasteiger partial charge in [0, 0.05) is 5.39 Å². The van der Waals surface area contributed by atoms with Crippen molar-refractivity contribution in [2.75, 3.05) is 11.1 Å². The molecule has 0 aliphatic rings. The van der Waals surface area contributed by atoms with E-state index in [0.29, 0.717) is 23.0 Å². The first-order valence-corrected chi connectivity index (χ1v) is 10.2. The number of carbonyl (C=O) groups excluding carboxylic acids is 1. The molecule has 1 amide bonds. The highest BCUT2D eigenvalue weighted by atomic mass is 32.2. The second-order valence-corrected chi connectivity index (χ2v) is 7.31.